The van der Waals surface area contributed by atoms with Crippen LogP contribution in [0.2, 0.25) is 0 Å². The molecule has 2 aromatic carbocycles. The van der Waals surface area contributed by atoms with Crippen LogP contribution >= 0.6 is 12.4 Å². The molecule has 1 aliphatic rings. The molecule has 1 fully saturated rings. The third-order valence-electron chi connectivity index (χ3n) is 5.98. The Bertz CT molecular complexity index is 1040. The van der Waals surface area contributed by atoms with Gasteiger partial charge in [-0.15, -0.1) is 12.4 Å². The van der Waals surface area contributed by atoms with Gasteiger partial charge in [-0.1, -0.05) is 13.0 Å². The van der Waals surface area contributed by atoms with Gasteiger partial charge >= 0.3 is 11.9 Å². The number of hydrogen-bond donors (Lipinski definition) is 4. The number of carbonyl (C=O) groups excluding carboxylic acids is 1. The van der Waals surface area contributed by atoms with Crippen molar-refractivity contribution in [1.29, 1.82) is 5.41 Å². The molecule has 0 aromatic heterocycles. The third kappa shape index (κ3) is 8.13. The van der Waals surface area contributed by atoms with E-state index < -0.39 is 12.0 Å². The fraction of sp³-hybridized carbons (Fsp3) is 0.423. The second-order valence-corrected chi connectivity index (χ2v) is 8.57. The van der Waals surface area contributed by atoms with E-state index in [1.165, 1.54) is 0 Å². The van der Waals surface area contributed by atoms with Gasteiger partial charge in [0.1, 0.15) is 17.7 Å². The number of aryl methyl sites for hydroxylation is 1. The molecule has 1 heterocycles. The van der Waals surface area contributed by atoms with Crippen molar-refractivity contribution in [3.63, 3.8) is 0 Å². The Hall–Kier alpha value is -3.30. The number of aliphatic carboxylic acids is 1. The number of esters is 1. The lowest BCUT2D eigenvalue weighted by molar-refractivity contribution is -0.145. The predicted octanol–water partition coefficient (Wildman–Crippen LogP) is 3.60. The van der Waals surface area contributed by atoms with Gasteiger partial charge in [0, 0.05) is 24.3 Å². The van der Waals surface area contributed by atoms with E-state index in [2.05, 4.69) is 10.2 Å². The number of anilines is 1. The van der Waals surface area contributed by atoms with Gasteiger partial charge in [0.05, 0.1) is 13.2 Å². The SMILES string of the molecule is CCOC(=O)CN1CCC(Oc2cc(CC)cc(C(Nc3ccc(C(=N)N)cc3)C(=O)O)c2)CC1.Cl. The summed E-state index contributed by atoms with van der Waals surface area (Å²) in [5, 5.41) is 20.5. The number of nitrogens with one attached hydrogen (secondary N) is 2. The summed E-state index contributed by atoms with van der Waals surface area (Å²) in [5.74, 6) is -0.624. The van der Waals surface area contributed by atoms with Crippen LogP contribution in [0.3, 0.4) is 0 Å². The van der Waals surface area contributed by atoms with Gasteiger partial charge in [0.25, 0.3) is 0 Å². The highest BCUT2D eigenvalue weighted by molar-refractivity contribution is 5.95. The molecule has 3 rings (SSSR count). The fourth-order valence-corrected chi connectivity index (χ4v) is 4.09. The first kappa shape index (κ1) is 28.9. The Morgan fingerprint density at radius 3 is 2.39 bits per heavy atom. The Balaban J connectivity index is 0.00000456. The van der Waals surface area contributed by atoms with E-state index in [0.717, 1.165) is 37.9 Å². The van der Waals surface area contributed by atoms with Crippen molar-refractivity contribution in [2.24, 2.45) is 5.73 Å². The monoisotopic (exact) mass is 518 g/mol. The lowest BCUT2D eigenvalue weighted by Crippen LogP contribution is -2.41. The number of hydrogen-bond acceptors (Lipinski definition) is 7. The highest BCUT2D eigenvalue weighted by Gasteiger charge is 2.25. The van der Waals surface area contributed by atoms with Crippen LogP contribution in [0.25, 0.3) is 0 Å². The average Bonchev–Trinajstić information content (AvgIpc) is 2.83. The Labute approximate surface area is 217 Å². The highest BCUT2D eigenvalue weighted by atomic mass is 35.5. The number of rotatable bonds is 11. The number of ether oxygens (including phenoxy) is 2. The largest absolute Gasteiger partial charge is 0.490 e. The van der Waals surface area contributed by atoms with Crippen LogP contribution in [0.4, 0.5) is 5.69 Å². The number of amidine groups is 1. The molecule has 196 valence electrons. The van der Waals surface area contributed by atoms with E-state index in [-0.39, 0.29) is 36.9 Å². The summed E-state index contributed by atoms with van der Waals surface area (Å²) in [4.78, 5) is 25.9. The highest BCUT2D eigenvalue weighted by Crippen LogP contribution is 2.28. The summed E-state index contributed by atoms with van der Waals surface area (Å²) >= 11 is 0. The number of carboxylic acids is 1. The van der Waals surface area contributed by atoms with Crippen LogP contribution in [-0.4, -0.2) is 60.1 Å². The molecule has 0 bridgehead atoms. The van der Waals surface area contributed by atoms with E-state index in [0.29, 0.717) is 29.2 Å². The molecular weight excluding hydrogens is 484 g/mol. The van der Waals surface area contributed by atoms with Gasteiger partial charge in [-0.25, -0.2) is 4.79 Å². The summed E-state index contributed by atoms with van der Waals surface area (Å²) < 4.78 is 11.3. The van der Waals surface area contributed by atoms with Gasteiger partial charge in [0.2, 0.25) is 0 Å². The summed E-state index contributed by atoms with van der Waals surface area (Å²) in [7, 11) is 0. The summed E-state index contributed by atoms with van der Waals surface area (Å²) in [6.45, 7) is 5.95. The molecule has 9 nitrogen and oxygen atoms in total. The molecule has 2 aromatic rings. The number of halogens is 1. The number of piperidine rings is 1. The first-order valence-electron chi connectivity index (χ1n) is 11.9. The maximum Gasteiger partial charge on any atom is 0.330 e. The molecule has 1 unspecified atom stereocenters. The number of likely N-dealkylation sites (tertiary alicyclic amines) is 1. The zero-order valence-corrected chi connectivity index (χ0v) is 21.5. The van der Waals surface area contributed by atoms with Crippen LogP contribution in [0, 0.1) is 5.41 Å². The zero-order valence-electron chi connectivity index (χ0n) is 20.7. The number of carboxylic acid groups (broad SMARTS) is 1. The van der Waals surface area contributed by atoms with Gasteiger partial charge in [-0.05, 0) is 73.7 Å². The predicted molar refractivity (Wildman–Crippen MR) is 141 cm³/mol. The van der Waals surface area contributed by atoms with Gasteiger partial charge < -0.3 is 25.6 Å². The van der Waals surface area contributed by atoms with Crippen molar-refractivity contribution in [3.8, 4) is 5.75 Å². The van der Waals surface area contributed by atoms with Crippen molar-refractivity contribution in [2.45, 2.75) is 45.3 Å². The summed E-state index contributed by atoms with van der Waals surface area (Å²) in [6, 6.07) is 11.4. The van der Waals surface area contributed by atoms with E-state index in [4.69, 9.17) is 20.6 Å². The maximum absolute atomic E-state index is 12.2. The minimum Gasteiger partial charge on any atom is -0.490 e. The van der Waals surface area contributed by atoms with Crippen molar-refractivity contribution in [3.05, 3.63) is 59.2 Å². The Morgan fingerprint density at radius 1 is 1.17 bits per heavy atom. The molecule has 1 aliphatic heterocycles. The second-order valence-electron chi connectivity index (χ2n) is 8.57. The summed E-state index contributed by atoms with van der Waals surface area (Å²) in [5.41, 5.74) is 8.27. The molecular formula is C26H35ClN4O5. The van der Waals surface area contributed by atoms with Crippen molar-refractivity contribution in [2.75, 3.05) is 31.6 Å². The number of benzene rings is 2. The molecule has 0 saturated carbocycles. The second kappa shape index (κ2) is 13.7. The molecule has 0 amide bonds. The number of nitrogens with two attached hydrogens (primary N) is 1. The van der Waals surface area contributed by atoms with E-state index in [9.17, 15) is 14.7 Å². The Kier molecular flexibility index (Phi) is 11.0. The van der Waals surface area contributed by atoms with E-state index in [1.54, 1.807) is 37.3 Å². The molecule has 10 heteroatoms. The van der Waals surface area contributed by atoms with Crippen molar-refractivity contribution in [1.82, 2.24) is 4.90 Å². The minimum absolute atomic E-state index is 0. The maximum atomic E-state index is 12.2. The van der Waals surface area contributed by atoms with Crippen molar-refractivity contribution >= 4 is 35.9 Å². The zero-order chi connectivity index (χ0) is 25.4. The smallest absolute Gasteiger partial charge is 0.330 e. The van der Waals surface area contributed by atoms with Gasteiger partial charge in [-0.2, -0.15) is 0 Å². The number of carbonyl (C=O) groups is 2. The molecule has 0 radical (unpaired) electrons. The van der Waals surface area contributed by atoms with Crippen LogP contribution in [0.5, 0.6) is 5.75 Å². The molecule has 0 spiro atoms. The first-order valence-corrected chi connectivity index (χ1v) is 11.9. The van der Waals surface area contributed by atoms with Gasteiger partial charge in [-0.3, -0.25) is 15.1 Å². The number of nitrogen functional groups attached to an aromatic ring is 1. The van der Waals surface area contributed by atoms with Crippen LogP contribution in [0.1, 0.15) is 49.4 Å². The number of nitrogens with zero attached hydrogens (tertiary/aromatic N) is 1. The Morgan fingerprint density at radius 2 is 1.83 bits per heavy atom. The molecule has 0 aliphatic carbocycles. The normalized spacial score (nSPS) is 14.8. The fourth-order valence-electron chi connectivity index (χ4n) is 4.09. The topological polar surface area (TPSA) is 138 Å². The average molecular weight is 519 g/mol. The van der Waals surface area contributed by atoms with Crippen LogP contribution in [-0.2, 0) is 20.7 Å². The minimum atomic E-state index is -1.01. The van der Waals surface area contributed by atoms with E-state index in [1.807, 2.05) is 19.1 Å². The molecule has 36 heavy (non-hydrogen) atoms. The van der Waals surface area contributed by atoms with Crippen molar-refractivity contribution < 1.29 is 24.2 Å². The van der Waals surface area contributed by atoms with E-state index >= 15 is 0 Å². The standard InChI is InChI=1S/C26H34N4O5.ClH/c1-3-17-13-19(24(26(32)33)29-20-7-5-18(6-8-20)25(27)28)15-22(14-17)35-21-9-11-30(12-10-21)16-23(31)34-4-2;/h5-8,13-15,21,24,29H,3-4,9-12,16H2,1-2H3,(H3,27,28)(H,32,33);1H. The molecule has 5 N–H and O–H groups in total. The van der Waals surface area contributed by atoms with Gasteiger partial charge in [0.15, 0.2) is 6.04 Å². The lowest BCUT2D eigenvalue weighted by atomic mass is 10.0. The quantitative estimate of drug-likeness (QED) is 0.201. The molecule has 1 atom stereocenters. The summed E-state index contributed by atoms with van der Waals surface area (Å²) in [6.07, 6.45) is 2.27. The lowest BCUT2D eigenvalue weighted by Gasteiger charge is -2.31. The van der Waals surface area contributed by atoms with Crippen LogP contribution < -0.4 is 15.8 Å². The third-order valence-corrected chi connectivity index (χ3v) is 5.98. The van der Waals surface area contributed by atoms with Crippen LogP contribution in [0.15, 0.2) is 42.5 Å². The first-order chi connectivity index (χ1) is 16.8. The molecule has 1 saturated heterocycles.